The Hall–Kier alpha value is -1.23. The highest BCUT2D eigenvalue weighted by Crippen LogP contribution is 2.23. The minimum atomic E-state index is -0.658. The van der Waals surface area contributed by atoms with E-state index >= 15 is 0 Å². The molecule has 72 valence electrons. The van der Waals surface area contributed by atoms with Gasteiger partial charge >= 0.3 is 0 Å². The van der Waals surface area contributed by atoms with Crippen LogP contribution in [0.15, 0.2) is 33.5 Å². The van der Waals surface area contributed by atoms with Crippen molar-refractivity contribution in [3.05, 3.63) is 40.7 Å². The van der Waals surface area contributed by atoms with Gasteiger partial charge < -0.3 is 4.42 Å². The normalized spacial score (nSPS) is 10.5. The molecule has 0 saturated carbocycles. The summed E-state index contributed by atoms with van der Waals surface area (Å²) in [6, 6.07) is 3.10. The molecule has 0 N–H and O–H groups in total. The lowest BCUT2D eigenvalue weighted by atomic mass is 10.2. The molecule has 0 spiro atoms. The van der Waals surface area contributed by atoms with Crippen molar-refractivity contribution in [3.8, 4) is 11.5 Å². The van der Waals surface area contributed by atoms with Crippen LogP contribution in [0.1, 0.15) is 0 Å². The van der Waals surface area contributed by atoms with Crippen LogP contribution in [-0.4, -0.2) is 4.98 Å². The van der Waals surface area contributed by atoms with Crippen LogP contribution in [0.4, 0.5) is 8.78 Å². The number of hydrogen-bond acceptors (Lipinski definition) is 2. The van der Waals surface area contributed by atoms with Crippen molar-refractivity contribution in [1.82, 2.24) is 4.98 Å². The maximum Gasteiger partial charge on any atom is 0.227 e. The highest BCUT2D eigenvalue weighted by atomic mass is 79.9. The second kappa shape index (κ2) is 3.49. The fourth-order valence-electron chi connectivity index (χ4n) is 1.07. The van der Waals surface area contributed by atoms with Crippen molar-refractivity contribution in [2.75, 3.05) is 0 Å². The first kappa shape index (κ1) is 9.33. The summed E-state index contributed by atoms with van der Waals surface area (Å²) in [5, 5.41) is 0. The molecule has 1 aromatic heterocycles. The number of halogens is 3. The zero-order chi connectivity index (χ0) is 10.1. The summed E-state index contributed by atoms with van der Waals surface area (Å²) in [5.41, 5.74) is 0.271. The maximum atomic E-state index is 12.8. The van der Waals surface area contributed by atoms with E-state index in [0.29, 0.717) is 4.67 Å². The second-order valence-corrected chi connectivity index (χ2v) is 3.41. The Kier molecular flexibility index (Phi) is 2.33. The molecular weight excluding hydrogens is 256 g/mol. The molecule has 1 heterocycles. The molecule has 2 rings (SSSR count). The lowest BCUT2D eigenvalue weighted by molar-refractivity contribution is 0.544. The van der Waals surface area contributed by atoms with E-state index in [1.54, 1.807) is 0 Å². The van der Waals surface area contributed by atoms with Crippen molar-refractivity contribution in [2.45, 2.75) is 0 Å². The van der Waals surface area contributed by atoms with E-state index in [2.05, 4.69) is 20.9 Å². The van der Waals surface area contributed by atoms with Gasteiger partial charge in [-0.05, 0) is 28.1 Å². The Morgan fingerprint density at radius 2 is 1.79 bits per heavy atom. The number of benzene rings is 1. The van der Waals surface area contributed by atoms with Gasteiger partial charge in [-0.1, -0.05) is 0 Å². The predicted octanol–water partition coefficient (Wildman–Crippen LogP) is 3.38. The predicted molar refractivity (Wildman–Crippen MR) is 49.6 cm³/mol. The van der Waals surface area contributed by atoms with Gasteiger partial charge in [-0.2, -0.15) is 0 Å². The maximum absolute atomic E-state index is 12.8. The molecule has 5 heteroatoms. The Bertz CT molecular complexity index is 449. The molecule has 1 aromatic carbocycles. The van der Waals surface area contributed by atoms with Crippen LogP contribution in [0.3, 0.4) is 0 Å². The molecule has 0 atom stereocenters. The molecule has 0 amide bonds. The Labute approximate surface area is 86.7 Å². The zero-order valence-corrected chi connectivity index (χ0v) is 8.38. The number of oxazole rings is 1. The van der Waals surface area contributed by atoms with Crippen LogP contribution in [-0.2, 0) is 0 Å². The van der Waals surface area contributed by atoms with E-state index in [4.69, 9.17) is 4.42 Å². The van der Waals surface area contributed by atoms with Crippen LogP contribution in [0.2, 0.25) is 0 Å². The molecule has 2 aromatic rings. The summed E-state index contributed by atoms with van der Waals surface area (Å²) < 4.78 is 31.1. The van der Waals surface area contributed by atoms with Crippen molar-refractivity contribution >= 4 is 15.9 Å². The molecule has 0 aliphatic heterocycles. The van der Waals surface area contributed by atoms with E-state index in [1.807, 2.05) is 0 Å². The third-order valence-electron chi connectivity index (χ3n) is 1.59. The zero-order valence-electron chi connectivity index (χ0n) is 6.80. The highest BCUT2D eigenvalue weighted by Gasteiger charge is 2.08. The van der Waals surface area contributed by atoms with Gasteiger partial charge in [-0.15, -0.1) is 0 Å². The summed E-state index contributed by atoms with van der Waals surface area (Å²) in [5.74, 6) is -1.14. The molecule has 0 saturated heterocycles. The molecule has 0 bridgehead atoms. The van der Waals surface area contributed by atoms with Gasteiger partial charge in [0.15, 0.2) is 4.67 Å². The van der Waals surface area contributed by atoms with Crippen molar-refractivity contribution in [3.63, 3.8) is 0 Å². The second-order valence-electron chi connectivity index (χ2n) is 2.63. The Balaban J connectivity index is 2.51. The quantitative estimate of drug-likeness (QED) is 0.785. The fourth-order valence-corrected chi connectivity index (χ4v) is 1.32. The van der Waals surface area contributed by atoms with Gasteiger partial charge in [0, 0.05) is 11.6 Å². The van der Waals surface area contributed by atoms with Gasteiger partial charge in [0.25, 0.3) is 0 Å². The van der Waals surface area contributed by atoms with Gasteiger partial charge in [0.05, 0.1) is 6.20 Å². The smallest absolute Gasteiger partial charge is 0.227 e. The monoisotopic (exact) mass is 259 g/mol. The van der Waals surface area contributed by atoms with Gasteiger partial charge in [-0.3, -0.25) is 0 Å². The van der Waals surface area contributed by atoms with Crippen LogP contribution in [0.5, 0.6) is 0 Å². The van der Waals surface area contributed by atoms with E-state index in [1.165, 1.54) is 6.20 Å². The average molecular weight is 260 g/mol. The van der Waals surface area contributed by atoms with E-state index in [9.17, 15) is 8.78 Å². The molecule has 2 nitrogen and oxygen atoms in total. The largest absolute Gasteiger partial charge is 0.429 e. The van der Waals surface area contributed by atoms with Crippen molar-refractivity contribution < 1.29 is 13.2 Å². The topological polar surface area (TPSA) is 26.0 Å². The lowest BCUT2D eigenvalue weighted by Gasteiger charge is -1.96. The van der Waals surface area contributed by atoms with Gasteiger partial charge in [0.1, 0.15) is 11.6 Å². The summed E-state index contributed by atoms with van der Waals surface area (Å²) in [6.07, 6.45) is 1.41. The van der Waals surface area contributed by atoms with Crippen LogP contribution in [0.25, 0.3) is 11.5 Å². The summed E-state index contributed by atoms with van der Waals surface area (Å²) in [6.45, 7) is 0. The van der Waals surface area contributed by atoms with Gasteiger partial charge in [0.2, 0.25) is 5.89 Å². The van der Waals surface area contributed by atoms with E-state index in [0.717, 1.165) is 18.2 Å². The van der Waals surface area contributed by atoms with Crippen LogP contribution >= 0.6 is 15.9 Å². The molecule has 0 aliphatic carbocycles. The summed E-state index contributed by atoms with van der Waals surface area (Å²) >= 11 is 3.05. The number of nitrogens with zero attached hydrogens (tertiary/aromatic N) is 1. The average Bonchev–Trinajstić information content (AvgIpc) is 2.50. The van der Waals surface area contributed by atoms with E-state index < -0.39 is 11.6 Å². The lowest BCUT2D eigenvalue weighted by Crippen LogP contribution is -1.83. The van der Waals surface area contributed by atoms with Gasteiger partial charge in [-0.25, -0.2) is 13.8 Å². The third kappa shape index (κ3) is 1.82. The summed E-state index contributed by atoms with van der Waals surface area (Å²) in [4.78, 5) is 3.82. The molecule has 0 radical (unpaired) electrons. The molecule has 0 fully saturated rings. The number of hydrogen-bond donors (Lipinski definition) is 0. The van der Waals surface area contributed by atoms with E-state index in [-0.39, 0.29) is 11.5 Å². The SMILES string of the molecule is Fc1cc(F)cc(-c2ncc(Br)o2)c1. The molecule has 0 unspecified atom stereocenters. The minimum Gasteiger partial charge on any atom is -0.429 e. The van der Waals surface area contributed by atoms with Crippen molar-refractivity contribution in [1.29, 1.82) is 0 Å². The first-order chi connectivity index (χ1) is 6.65. The highest BCUT2D eigenvalue weighted by molar-refractivity contribution is 9.10. The van der Waals surface area contributed by atoms with Crippen LogP contribution < -0.4 is 0 Å². The third-order valence-corrected chi connectivity index (χ3v) is 1.95. The molecule has 0 aliphatic rings. The standard InChI is InChI=1S/C9H4BrF2NO/c10-8-4-13-9(14-8)5-1-6(11)3-7(12)2-5/h1-4H. The molecular formula is C9H4BrF2NO. The van der Waals surface area contributed by atoms with Crippen molar-refractivity contribution in [2.24, 2.45) is 0 Å². The summed E-state index contributed by atoms with van der Waals surface area (Å²) in [7, 11) is 0. The number of rotatable bonds is 1. The first-order valence-electron chi connectivity index (χ1n) is 3.73. The Morgan fingerprint density at radius 3 is 2.29 bits per heavy atom. The molecule has 14 heavy (non-hydrogen) atoms. The Morgan fingerprint density at radius 1 is 1.14 bits per heavy atom. The minimum absolute atomic E-state index is 0.176. The number of aromatic nitrogens is 1. The van der Waals surface area contributed by atoms with Crippen LogP contribution in [0, 0.1) is 11.6 Å². The first-order valence-corrected chi connectivity index (χ1v) is 4.52. The fraction of sp³-hybridized carbons (Fsp3) is 0.